The van der Waals surface area contributed by atoms with Gasteiger partial charge in [-0.05, 0) is 41.9 Å². The molecule has 2 rings (SSSR count). The molecule has 5 nitrogen and oxygen atoms in total. The van der Waals surface area contributed by atoms with Gasteiger partial charge in [0.15, 0.2) is 5.82 Å². The van der Waals surface area contributed by atoms with Gasteiger partial charge in [-0.1, -0.05) is 11.6 Å². The number of nitrogens with one attached hydrogen (secondary N) is 1. The van der Waals surface area contributed by atoms with Crippen LogP contribution in [0.1, 0.15) is 28.7 Å². The molecule has 0 aliphatic heterocycles. The Labute approximate surface area is 120 Å². The van der Waals surface area contributed by atoms with E-state index in [0.717, 1.165) is 22.4 Å². The number of hydrogen-bond donors (Lipinski definition) is 1. The minimum absolute atomic E-state index is 0.124. The highest BCUT2D eigenvalue weighted by Crippen LogP contribution is 2.18. The van der Waals surface area contributed by atoms with Gasteiger partial charge < -0.3 is 9.88 Å². The molecule has 0 unspecified atom stereocenters. The van der Waals surface area contributed by atoms with Crippen molar-refractivity contribution >= 4 is 21.8 Å². The standard InChI is InChI=1S/C13H15BrN4O/c1-3-18-8-16-17-12(18)7-15-13(19)10-6-9(2)4-5-11(10)14/h4-6,8H,3,7H2,1-2H3,(H,15,19). The fourth-order valence-electron chi connectivity index (χ4n) is 1.75. The molecule has 1 amide bonds. The molecule has 0 saturated carbocycles. The molecule has 0 spiro atoms. The first kappa shape index (κ1) is 13.7. The van der Waals surface area contributed by atoms with Crippen LogP contribution in [0.15, 0.2) is 29.0 Å². The second-order valence-corrected chi connectivity index (χ2v) is 5.05. The molecule has 19 heavy (non-hydrogen) atoms. The number of carbonyl (C=O) groups excluding carboxylic acids is 1. The van der Waals surface area contributed by atoms with Gasteiger partial charge in [0.25, 0.3) is 5.91 Å². The van der Waals surface area contributed by atoms with Crippen LogP contribution in [-0.2, 0) is 13.1 Å². The van der Waals surface area contributed by atoms with Gasteiger partial charge in [0, 0.05) is 11.0 Å². The zero-order valence-corrected chi connectivity index (χ0v) is 12.4. The van der Waals surface area contributed by atoms with Gasteiger partial charge in [-0.25, -0.2) is 0 Å². The van der Waals surface area contributed by atoms with E-state index < -0.39 is 0 Å². The maximum atomic E-state index is 12.1. The van der Waals surface area contributed by atoms with Gasteiger partial charge in [0.05, 0.1) is 12.1 Å². The molecule has 2 aromatic rings. The summed E-state index contributed by atoms with van der Waals surface area (Å²) in [6.45, 7) is 5.11. The minimum atomic E-state index is -0.124. The fourth-order valence-corrected chi connectivity index (χ4v) is 2.17. The van der Waals surface area contributed by atoms with Gasteiger partial charge >= 0.3 is 0 Å². The predicted molar refractivity (Wildman–Crippen MR) is 75.7 cm³/mol. The molecule has 0 saturated heterocycles. The number of aryl methyl sites for hydroxylation is 2. The monoisotopic (exact) mass is 322 g/mol. The van der Waals surface area contributed by atoms with Crippen LogP contribution in [0.25, 0.3) is 0 Å². The highest BCUT2D eigenvalue weighted by Gasteiger charge is 2.11. The first-order valence-corrected chi connectivity index (χ1v) is 6.82. The molecule has 0 aliphatic carbocycles. The molecule has 0 atom stereocenters. The van der Waals surface area contributed by atoms with Crippen molar-refractivity contribution in [2.75, 3.05) is 0 Å². The lowest BCUT2D eigenvalue weighted by Crippen LogP contribution is -2.25. The van der Waals surface area contributed by atoms with E-state index in [9.17, 15) is 4.79 Å². The Balaban J connectivity index is 2.07. The molecular formula is C13H15BrN4O. The first-order chi connectivity index (χ1) is 9.11. The quantitative estimate of drug-likeness (QED) is 0.939. The molecule has 0 fully saturated rings. The molecule has 1 aromatic carbocycles. The van der Waals surface area contributed by atoms with Gasteiger partial charge in [0.1, 0.15) is 6.33 Å². The molecule has 0 radical (unpaired) electrons. The highest BCUT2D eigenvalue weighted by molar-refractivity contribution is 9.10. The summed E-state index contributed by atoms with van der Waals surface area (Å²) >= 11 is 3.38. The van der Waals surface area contributed by atoms with Crippen molar-refractivity contribution in [2.24, 2.45) is 0 Å². The summed E-state index contributed by atoms with van der Waals surface area (Å²) in [7, 11) is 0. The highest BCUT2D eigenvalue weighted by atomic mass is 79.9. The van der Waals surface area contributed by atoms with Crippen molar-refractivity contribution in [3.05, 3.63) is 46.0 Å². The Kier molecular flexibility index (Phi) is 4.31. The Hall–Kier alpha value is -1.69. The number of amides is 1. The lowest BCUT2D eigenvalue weighted by Gasteiger charge is -2.08. The topological polar surface area (TPSA) is 59.8 Å². The second-order valence-electron chi connectivity index (χ2n) is 4.20. The van der Waals surface area contributed by atoms with Crippen molar-refractivity contribution in [2.45, 2.75) is 26.9 Å². The van der Waals surface area contributed by atoms with E-state index in [-0.39, 0.29) is 5.91 Å². The van der Waals surface area contributed by atoms with Crippen LogP contribution in [0.2, 0.25) is 0 Å². The lowest BCUT2D eigenvalue weighted by atomic mass is 10.1. The van der Waals surface area contributed by atoms with Crippen LogP contribution in [0, 0.1) is 6.92 Å². The van der Waals surface area contributed by atoms with Crippen molar-refractivity contribution in [3.8, 4) is 0 Å². The number of nitrogens with zero attached hydrogens (tertiary/aromatic N) is 3. The summed E-state index contributed by atoms with van der Waals surface area (Å²) in [5, 5.41) is 10.7. The summed E-state index contributed by atoms with van der Waals surface area (Å²) in [5.74, 6) is 0.626. The van der Waals surface area contributed by atoms with E-state index in [1.165, 1.54) is 0 Å². The van der Waals surface area contributed by atoms with Crippen molar-refractivity contribution in [3.63, 3.8) is 0 Å². The largest absolute Gasteiger partial charge is 0.345 e. The Morgan fingerprint density at radius 3 is 3.00 bits per heavy atom. The van der Waals surface area contributed by atoms with Crippen LogP contribution < -0.4 is 5.32 Å². The maximum absolute atomic E-state index is 12.1. The number of rotatable bonds is 4. The molecule has 6 heteroatoms. The van der Waals surface area contributed by atoms with E-state index in [4.69, 9.17) is 0 Å². The number of carbonyl (C=O) groups is 1. The smallest absolute Gasteiger partial charge is 0.252 e. The molecule has 0 aliphatic rings. The third-order valence-electron chi connectivity index (χ3n) is 2.81. The van der Waals surface area contributed by atoms with Gasteiger partial charge in [-0.15, -0.1) is 10.2 Å². The average molecular weight is 323 g/mol. The zero-order valence-electron chi connectivity index (χ0n) is 10.9. The van der Waals surface area contributed by atoms with Crippen LogP contribution in [0.5, 0.6) is 0 Å². The number of benzene rings is 1. The molecule has 100 valence electrons. The average Bonchev–Trinajstić information content (AvgIpc) is 2.86. The molecular weight excluding hydrogens is 308 g/mol. The van der Waals surface area contributed by atoms with Crippen LogP contribution in [0.4, 0.5) is 0 Å². The summed E-state index contributed by atoms with van der Waals surface area (Å²) in [4.78, 5) is 12.1. The van der Waals surface area contributed by atoms with E-state index in [0.29, 0.717) is 12.1 Å². The lowest BCUT2D eigenvalue weighted by molar-refractivity contribution is 0.0948. The third-order valence-corrected chi connectivity index (χ3v) is 3.50. The predicted octanol–water partition coefficient (Wildman–Crippen LogP) is 2.30. The van der Waals surface area contributed by atoms with Gasteiger partial charge in [0.2, 0.25) is 0 Å². The Morgan fingerprint density at radius 2 is 2.26 bits per heavy atom. The molecule has 0 bridgehead atoms. The van der Waals surface area contributed by atoms with Crippen molar-refractivity contribution in [1.82, 2.24) is 20.1 Å². The van der Waals surface area contributed by atoms with Crippen LogP contribution >= 0.6 is 15.9 Å². The van der Waals surface area contributed by atoms with Crippen molar-refractivity contribution in [1.29, 1.82) is 0 Å². The van der Waals surface area contributed by atoms with Crippen LogP contribution in [-0.4, -0.2) is 20.7 Å². The maximum Gasteiger partial charge on any atom is 0.252 e. The Morgan fingerprint density at radius 1 is 1.47 bits per heavy atom. The summed E-state index contributed by atoms with van der Waals surface area (Å²) in [6.07, 6.45) is 1.66. The minimum Gasteiger partial charge on any atom is -0.345 e. The Bertz CT molecular complexity index is 594. The summed E-state index contributed by atoms with van der Waals surface area (Å²) in [5.41, 5.74) is 1.67. The van der Waals surface area contributed by atoms with E-state index in [1.807, 2.05) is 36.6 Å². The third kappa shape index (κ3) is 3.20. The molecule has 1 N–H and O–H groups in total. The number of aromatic nitrogens is 3. The number of hydrogen-bond acceptors (Lipinski definition) is 3. The SMILES string of the molecule is CCn1cnnc1CNC(=O)c1cc(C)ccc1Br. The summed E-state index contributed by atoms with van der Waals surface area (Å²) in [6, 6.07) is 5.68. The van der Waals surface area contributed by atoms with Gasteiger partial charge in [-0.3, -0.25) is 4.79 Å². The molecule has 1 heterocycles. The van der Waals surface area contributed by atoms with Crippen LogP contribution in [0.3, 0.4) is 0 Å². The second kappa shape index (κ2) is 5.97. The molecule has 1 aromatic heterocycles. The van der Waals surface area contributed by atoms with E-state index in [2.05, 4.69) is 31.4 Å². The van der Waals surface area contributed by atoms with Crippen molar-refractivity contribution < 1.29 is 4.79 Å². The van der Waals surface area contributed by atoms with E-state index >= 15 is 0 Å². The first-order valence-electron chi connectivity index (χ1n) is 6.03. The van der Waals surface area contributed by atoms with Gasteiger partial charge in [-0.2, -0.15) is 0 Å². The zero-order chi connectivity index (χ0) is 13.8. The van der Waals surface area contributed by atoms with E-state index in [1.54, 1.807) is 6.33 Å². The number of halogens is 1. The fraction of sp³-hybridized carbons (Fsp3) is 0.308. The normalized spacial score (nSPS) is 10.5. The summed E-state index contributed by atoms with van der Waals surface area (Å²) < 4.78 is 2.68.